The largest absolute Gasteiger partial charge is 0.496 e. The maximum absolute atomic E-state index is 12.6. The summed E-state index contributed by atoms with van der Waals surface area (Å²) in [6.45, 7) is 3.68. The molecule has 0 bridgehead atoms. The van der Waals surface area contributed by atoms with E-state index in [4.69, 9.17) is 9.47 Å². The quantitative estimate of drug-likeness (QED) is 0.750. The summed E-state index contributed by atoms with van der Waals surface area (Å²) in [5.41, 5.74) is 1.26. The summed E-state index contributed by atoms with van der Waals surface area (Å²) in [5, 5.41) is 0. The third kappa shape index (κ3) is 3.76. The Morgan fingerprint density at radius 1 is 1.08 bits per heavy atom. The van der Waals surface area contributed by atoms with Gasteiger partial charge in [0.05, 0.1) is 24.4 Å². The normalized spacial score (nSPS) is 11.1. The SMILES string of the molecule is CCOC(=O)c1c(CS(=O)(=O)c2ccccc2)ccc(C)c1OC. The lowest BCUT2D eigenvalue weighted by molar-refractivity contribution is 0.0521. The minimum atomic E-state index is -3.59. The second-order valence-corrected chi connectivity index (χ2v) is 7.23. The molecule has 0 aromatic heterocycles. The highest BCUT2D eigenvalue weighted by Gasteiger charge is 2.25. The van der Waals surface area contributed by atoms with Crippen molar-refractivity contribution in [1.29, 1.82) is 0 Å². The second-order valence-electron chi connectivity index (χ2n) is 5.24. The van der Waals surface area contributed by atoms with Gasteiger partial charge in [-0.2, -0.15) is 0 Å². The summed E-state index contributed by atoms with van der Waals surface area (Å²) in [4.78, 5) is 12.5. The van der Waals surface area contributed by atoms with Crippen LogP contribution in [0.15, 0.2) is 47.4 Å². The molecule has 0 saturated carbocycles. The highest BCUT2D eigenvalue weighted by Crippen LogP contribution is 2.30. The van der Waals surface area contributed by atoms with E-state index in [1.807, 2.05) is 0 Å². The number of hydrogen-bond acceptors (Lipinski definition) is 5. The lowest BCUT2D eigenvalue weighted by Crippen LogP contribution is -2.14. The standard InChI is InChI=1S/C18H20O5S/c1-4-23-18(19)16-14(11-10-13(2)17(16)22-3)12-24(20,21)15-8-6-5-7-9-15/h5-11H,4,12H2,1-3H3. The Balaban J connectivity index is 2.52. The Morgan fingerprint density at radius 2 is 1.75 bits per heavy atom. The predicted molar refractivity (Wildman–Crippen MR) is 91.0 cm³/mol. The van der Waals surface area contributed by atoms with E-state index >= 15 is 0 Å². The van der Waals surface area contributed by atoms with Gasteiger partial charge in [-0.3, -0.25) is 0 Å². The van der Waals surface area contributed by atoms with E-state index in [-0.39, 0.29) is 22.8 Å². The Hall–Kier alpha value is -2.34. The molecule has 0 atom stereocenters. The van der Waals surface area contributed by atoms with E-state index in [0.29, 0.717) is 11.3 Å². The summed E-state index contributed by atoms with van der Waals surface area (Å²) in [6.07, 6.45) is 0. The average Bonchev–Trinajstić information content (AvgIpc) is 2.57. The minimum absolute atomic E-state index is 0.166. The maximum atomic E-state index is 12.6. The van der Waals surface area contributed by atoms with Gasteiger partial charge in [-0.15, -0.1) is 0 Å². The molecule has 0 fully saturated rings. The maximum Gasteiger partial charge on any atom is 0.342 e. The molecule has 24 heavy (non-hydrogen) atoms. The second kappa shape index (κ2) is 7.49. The van der Waals surface area contributed by atoms with Crippen LogP contribution in [0, 0.1) is 6.92 Å². The molecule has 0 amide bonds. The van der Waals surface area contributed by atoms with Gasteiger partial charge in [0.25, 0.3) is 0 Å². The highest BCUT2D eigenvalue weighted by atomic mass is 32.2. The Morgan fingerprint density at radius 3 is 2.33 bits per heavy atom. The molecule has 0 aliphatic rings. The van der Waals surface area contributed by atoms with Crippen LogP contribution < -0.4 is 4.74 Å². The fourth-order valence-electron chi connectivity index (χ4n) is 2.45. The van der Waals surface area contributed by atoms with Crippen molar-refractivity contribution in [3.05, 3.63) is 59.2 Å². The van der Waals surface area contributed by atoms with Gasteiger partial charge in [0.1, 0.15) is 11.3 Å². The molecule has 5 nitrogen and oxygen atoms in total. The van der Waals surface area contributed by atoms with Crippen LogP contribution >= 0.6 is 0 Å². The van der Waals surface area contributed by atoms with Crippen LogP contribution in [0.1, 0.15) is 28.4 Å². The van der Waals surface area contributed by atoms with Crippen LogP contribution in [0.4, 0.5) is 0 Å². The molecule has 6 heteroatoms. The van der Waals surface area contributed by atoms with E-state index in [0.717, 1.165) is 5.56 Å². The van der Waals surface area contributed by atoms with Crippen LogP contribution in [-0.2, 0) is 20.3 Å². The van der Waals surface area contributed by atoms with E-state index in [9.17, 15) is 13.2 Å². The fourth-order valence-corrected chi connectivity index (χ4v) is 3.84. The van der Waals surface area contributed by atoms with Gasteiger partial charge in [0.2, 0.25) is 0 Å². The lowest BCUT2D eigenvalue weighted by Gasteiger charge is -2.15. The van der Waals surface area contributed by atoms with Crippen molar-refractivity contribution in [2.45, 2.75) is 24.5 Å². The third-order valence-electron chi connectivity index (χ3n) is 3.57. The molecule has 0 heterocycles. The summed E-state index contributed by atoms with van der Waals surface area (Å²) in [6, 6.07) is 11.5. The van der Waals surface area contributed by atoms with E-state index < -0.39 is 15.8 Å². The topological polar surface area (TPSA) is 69.7 Å². The molecule has 2 rings (SSSR count). The third-order valence-corrected chi connectivity index (χ3v) is 5.25. The number of rotatable bonds is 6. The van der Waals surface area contributed by atoms with Gasteiger partial charge in [-0.1, -0.05) is 30.3 Å². The first kappa shape index (κ1) is 18.0. The van der Waals surface area contributed by atoms with Crippen molar-refractivity contribution in [3.63, 3.8) is 0 Å². The zero-order valence-corrected chi connectivity index (χ0v) is 14.7. The fraction of sp³-hybridized carbons (Fsp3) is 0.278. The first-order valence-electron chi connectivity index (χ1n) is 7.52. The Labute approximate surface area is 142 Å². The Bertz CT molecular complexity index is 826. The van der Waals surface area contributed by atoms with Gasteiger partial charge >= 0.3 is 5.97 Å². The number of ether oxygens (including phenoxy) is 2. The summed E-state index contributed by atoms with van der Waals surface area (Å²) >= 11 is 0. The number of carbonyl (C=O) groups excluding carboxylic acids is 1. The first-order valence-corrected chi connectivity index (χ1v) is 9.17. The first-order chi connectivity index (χ1) is 11.4. The van der Waals surface area contributed by atoms with Gasteiger partial charge in [0, 0.05) is 0 Å². The molecular weight excluding hydrogens is 328 g/mol. The lowest BCUT2D eigenvalue weighted by atomic mass is 10.0. The smallest absolute Gasteiger partial charge is 0.342 e. The number of benzene rings is 2. The summed E-state index contributed by atoms with van der Waals surface area (Å²) in [7, 11) is -2.14. The number of esters is 1. The van der Waals surface area contributed by atoms with Crippen molar-refractivity contribution >= 4 is 15.8 Å². The number of sulfone groups is 1. The number of methoxy groups -OCH3 is 1. The molecule has 0 aliphatic carbocycles. The molecule has 2 aromatic carbocycles. The molecule has 128 valence electrons. The van der Waals surface area contributed by atoms with Crippen LogP contribution in [0.25, 0.3) is 0 Å². The molecule has 0 unspecified atom stereocenters. The van der Waals surface area contributed by atoms with Gasteiger partial charge in [-0.25, -0.2) is 13.2 Å². The minimum Gasteiger partial charge on any atom is -0.496 e. The Kier molecular flexibility index (Phi) is 5.62. The van der Waals surface area contributed by atoms with Crippen molar-refractivity contribution in [2.24, 2.45) is 0 Å². The van der Waals surface area contributed by atoms with Crippen molar-refractivity contribution < 1.29 is 22.7 Å². The van der Waals surface area contributed by atoms with Crippen molar-refractivity contribution in [3.8, 4) is 5.75 Å². The average molecular weight is 348 g/mol. The van der Waals surface area contributed by atoms with E-state index in [2.05, 4.69) is 0 Å². The van der Waals surface area contributed by atoms with E-state index in [1.54, 1.807) is 44.2 Å². The zero-order chi connectivity index (χ0) is 17.7. The molecule has 0 aliphatic heterocycles. The molecule has 0 radical (unpaired) electrons. The predicted octanol–water partition coefficient (Wildman–Crippen LogP) is 3.15. The number of aryl methyl sites for hydroxylation is 1. The molecular formula is C18H20O5S. The number of hydrogen-bond donors (Lipinski definition) is 0. The van der Waals surface area contributed by atoms with Crippen LogP contribution in [-0.4, -0.2) is 28.1 Å². The van der Waals surface area contributed by atoms with Gasteiger partial charge < -0.3 is 9.47 Å². The van der Waals surface area contributed by atoms with Gasteiger partial charge in [-0.05, 0) is 37.1 Å². The van der Waals surface area contributed by atoms with E-state index in [1.165, 1.54) is 19.2 Å². The van der Waals surface area contributed by atoms with Crippen molar-refractivity contribution in [1.82, 2.24) is 0 Å². The monoisotopic (exact) mass is 348 g/mol. The van der Waals surface area contributed by atoms with Crippen LogP contribution in [0.2, 0.25) is 0 Å². The molecule has 0 N–H and O–H groups in total. The number of carbonyl (C=O) groups is 1. The van der Waals surface area contributed by atoms with Crippen molar-refractivity contribution in [2.75, 3.05) is 13.7 Å². The molecule has 0 saturated heterocycles. The summed E-state index contributed by atoms with van der Waals surface area (Å²) in [5.74, 6) is -0.549. The molecule has 2 aromatic rings. The highest BCUT2D eigenvalue weighted by molar-refractivity contribution is 7.90. The molecule has 0 spiro atoms. The van der Waals surface area contributed by atoms with Gasteiger partial charge in [0.15, 0.2) is 9.84 Å². The zero-order valence-electron chi connectivity index (χ0n) is 13.9. The summed E-state index contributed by atoms with van der Waals surface area (Å²) < 4.78 is 35.6. The van der Waals surface area contributed by atoms with Crippen LogP contribution in [0.5, 0.6) is 5.75 Å². The van der Waals surface area contributed by atoms with Crippen LogP contribution in [0.3, 0.4) is 0 Å².